The zero-order valence-corrected chi connectivity index (χ0v) is 17.9. The van der Waals surface area contributed by atoms with E-state index >= 15 is 0 Å². The van der Waals surface area contributed by atoms with Gasteiger partial charge in [-0.3, -0.25) is 14.9 Å². The second-order valence-corrected chi connectivity index (χ2v) is 7.59. The summed E-state index contributed by atoms with van der Waals surface area (Å²) in [6, 6.07) is 16.0. The van der Waals surface area contributed by atoms with Gasteiger partial charge in [0.25, 0.3) is 5.91 Å². The van der Waals surface area contributed by atoms with Crippen LogP contribution in [0.2, 0.25) is 0 Å². The highest BCUT2D eigenvalue weighted by Crippen LogP contribution is 2.31. The van der Waals surface area contributed by atoms with Crippen molar-refractivity contribution in [3.63, 3.8) is 0 Å². The van der Waals surface area contributed by atoms with Crippen LogP contribution in [0.25, 0.3) is 10.9 Å². The van der Waals surface area contributed by atoms with Crippen molar-refractivity contribution in [2.45, 2.75) is 32.6 Å². The molecule has 0 bridgehead atoms. The van der Waals surface area contributed by atoms with Crippen molar-refractivity contribution in [3.8, 4) is 0 Å². The molecule has 3 N–H and O–H groups in total. The Bertz CT molecular complexity index is 1140. The fourth-order valence-corrected chi connectivity index (χ4v) is 3.92. The van der Waals surface area contributed by atoms with E-state index in [2.05, 4.69) is 40.7 Å². The quantitative estimate of drug-likeness (QED) is 0.404. The average molecular weight is 463 g/mol. The molecule has 3 aromatic rings. The molecule has 2 heterocycles. The Balaban J connectivity index is 0.000000383. The third-order valence-electron chi connectivity index (χ3n) is 5.59. The van der Waals surface area contributed by atoms with Crippen molar-refractivity contribution in [2.75, 3.05) is 13.1 Å². The smallest absolute Gasteiger partial charge is 0.475 e. The SMILES string of the molecule is CCN1CCc2c(c3ccccc3n2Cc2ccc(C(=O)NO)cc2)C1.O=C(O)C(F)(F)F. The van der Waals surface area contributed by atoms with Gasteiger partial charge in [-0.05, 0) is 35.9 Å². The van der Waals surface area contributed by atoms with Gasteiger partial charge < -0.3 is 9.67 Å². The number of fused-ring (bicyclic) bond motifs is 3. The lowest BCUT2D eigenvalue weighted by Crippen LogP contribution is -2.30. The van der Waals surface area contributed by atoms with E-state index in [0.29, 0.717) is 5.56 Å². The Morgan fingerprint density at radius 2 is 1.73 bits per heavy atom. The molecule has 0 unspecified atom stereocenters. The molecule has 2 aromatic carbocycles. The molecule has 0 spiro atoms. The molecular formula is C23H24F3N3O4. The van der Waals surface area contributed by atoms with Crippen LogP contribution >= 0.6 is 0 Å². The predicted octanol–water partition coefficient (Wildman–Crippen LogP) is 3.82. The number of nitrogens with zero attached hydrogens (tertiary/aromatic N) is 2. The number of hydroxylamine groups is 1. The summed E-state index contributed by atoms with van der Waals surface area (Å²) in [5, 5.41) is 17.2. The molecule has 0 saturated carbocycles. The van der Waals surface area contributed by atoms with Gasteiger partial charge in [0.1, 0.15) is 0 Å². The summed E-state index contributed by atoms with van der Waals surface area (Å²) in [5.41, 5.74) is 7.41. The molecule has 33 heavy (non-hydrogen) atoms. The number of aliphatic carboxylic acids is 1. The second kappa shape index (κ2) is 10.1. The summed E-state index contributed by atoms with van der Waals surface area (Å²) in [4.78, 5) is 22.9. The monoisotopic (exact) mass is 463 g/mol. The van der Waals surface area contributed by atoms with Crippen LogP contribution < -0.4 is 5.48 Å². The molecule has 0 fully saturated rings. The Hall–Kier alpha value is -3.37. The maximum absolute atomic E-state index is 11.5. The molecule has 0 atom stereocenters. The van der Waals surface area contributed by atoms with Crippen LogP contribution in [0.3, 0.4) is 0 Å². The van der Waals surface area contributed by atoms with Crippen LogP contribution in [0.4, 0.5) is 13.2 Å². The number of carboxylic acids is 1. The predicted molar refractivity (Wildman–Crippen MR) is 115 cm³/mol. The van der Waals surface area contributed by atoms with Crippen LogP contribution in [0.15, 0.2) is 48.5 Å². The van der Waals surface area contributed by atoms with E-state index < -0.39 is 18.1 Å². The minimum Gasteiger partial charge on any atom is -0.475 e. The Morgan fingerprint density at radius 3 is 2.30 bits per heavy atom. The zero-order chi connectivity index (χ0) is 24.2. The van der Waals surface area contributed by atoms with E-state index in [9.17, 15) is 18.0 Å². The fourth-order valence-electron chi connectivity index (χ4n) is 3.92. The molecule has 1 aliphatic heterocycles. The van der Waals surface area contributed by atoms with E-state index in [-0.39, 0.29) is 0 Å². The molecule has 0 saturated heterocycles. The highest BCUT2D eigenvalue weighted by atomic mass is 19.4. The largest absolute Gasteiger partial charge is 0.490 e. The number of carboxylic acid groups (broad SMARTS) is 1. The molecule has 1 aliphatic rings. The van der Waals surface area contributed by atoms with Gasteiger partial charge in [-0.25, -0.2) is 10.3 Å². The number of carbonyl (C=O) groups excluding carboxylic acids is 1. The Kier molecular flexibility index (Phi) is 7.39. The lowest BCUT2D eigenvalue weighted by Gasteiger charge is -2.27. The van der Waals surface area contributed by atoms with Gasteiger partial charge in [0.15, 0.2) is 0 Å². The molecule has 1 aromatic heterocycles. The van der Waals surface area contributed by atoms with E-state index in [1.165, 1.54) is 22.2 Å². The minimum atomic E-state index is -5.08. The van der Waals surface area contributed by atoms with Crippen LogP contribution in [0.1, 0.15) is 34.1 Å². The zero-order valence-electron chi connectivity index (χ0n) is 17.9. The standard InChI is InChI=1S/C21H23N3O2.C2HF3O2/c1-2-23-12-11-20-18(14-23)17-5-3-4-6-19(17)24(20)13-15-7-9-16(10-8-15)21(25)22-26;3-2(4,5)1(6)7/h3-10,26H,2,11-14H2,1H3,(H,22,25);(H,6,7). The second-order valence-electron chi connectivity index (χ2n) is 7.59. The summed E-state index contributed by atoms with van der Waals surface area (Å²) in [7, 11) is 0. The molecule has 176 valence electrons. The van der Waals surface area contributed by atoms with Crippen LogP contribution in [-0.4, -0.2) is 50.9 Å². The molecule has 7 nitrogen and oxygen atoms in total. The summed E-state index contributed by atoms with van der Waals surface area (Å²) in [6.07, 6.45) is -4.02. The summed E-state index contributed by atoms with van der Waals surface area (Å²) >= 11 is 0. The molecule has 10 heteroatoms. The number of alkyl halides is 3. The number of halogens is 3. The average Bonchev–Trinajstić information content (AvgIpc) is 3.11. The number of para-hydroxylation sites is 1. The number of benzene rings is 2. The van der Waals surface area contributed by atoms with E-state index in [4.69, 9.17) is 15.1 Å². The third kappa shape index (κ3) is 5.52. The first-order valence-corrected chi connectivity index (χ1v) is 10.3. The van der Waals surface area contributed by atoms with Gasteiger partial charge >= 0.3 is 12.1 Å². The first-order valence-electron chi connectivity index (χ1n) is 10.3. The maximum atomic E-state index is 11.5. The van der Waals surface area contributed by atoms with E-state index in [1.807, 2.05) is 12.1 Å². The van der Waals surface area contributed by atoms with Crippen molar-refractivity contribution in [3.05, 3.63) is 70.9 Å². The van der Waals surface area contributed by atoms with Crippen molar-refractivity contribution >= 4 is 22.8 Å². The lowest BCUT2D eigenvalue weighted by atomic mass is 10.0. The number of hydrogen-bond donors (Lipinski definition) is 3. The Labute approximate surface area is 188 Å². The van der Waals surface area contributed by atoms with Crippen LogP contribution in [-0.2, 0) is 24.3 Å². The summed E-state index contributed by atoms with van der Waals surface area (Å²) < 4.78 is 34.2. The fraction of sp³-hybridized carbons (Fsp3) is 0.304. The normalized spacial score (nSPS) is 13.7. The van der Waals surface area contributed by atoms with Gasteiger partial charge in [-0.2, -0.15) is 13.2 Å². The molecule has 1 amide bonds. The third-order valence-corrected chi connectivity index (χ3v) is 5.59. The van der Waals surface area contributed by atoms with Crippen molar-refractivity contribution < 1.29 is 33.1 Å². The number of likely N-dealkylation sites (N-methyl/N-ethyl adjacent to an activating group) is 1. The van der Waals surface area contributed by atoms with Gasteiger partial charge in [0, 0.05) is 48.2 Å². The number of amides is 1. The molecule has 4 rings (SSSR count). The van der Waals surface area contributed by atoms with E-state index in [1.54, 1.807) is 17.6 Å². The van der Waals surface area contributed by atoms with Crippen LogP contribution in [0.5, 0.6) is 0 Å². The first-order chi connectivity index (χ1) is 15.7. The summed E-state index contributed by atoms with van der Waals surface area (Å²) in [5.74, 6) is -3.24. The maximum Gasteiger partial charge on any atom is 0.490 e. The van der Waals surface area contributed by atoms with Crippen molar-refractivity contribution in [1.82, 2.24) is 14.9 Å². The van der Waals surface area contributed by atoms with Gasteiger partial charge in [-0.15, -0.1) is 0 Å². The number of hydrogen-bond acceptors (Lipinski definition) is 4. The first kappa shape index (κ1) is 24.3. The molecular weight excluding hydrogens is 439 g/mol. The molecule has 0 radical (unpaired) electrons. The minimum absolute atomic E-state index is 0.453. The lowest BCUT2D eigenvalue weighted by molar-refractivity contribution is -0.192. The summed E-state index contributed by atoms with van der Waals surface area (Å²) in [6.45, 7) is 6.18. The van der Waals surface area contributed by atoms with Crippen molar-refractivity contribution in [1.29, 1.82) is 0 Å². The molecule has 0 aliphatic carbocycles. The highest BCUT2D eigenvalue weighted by Gasteiger charge is 2.38. The van der Waals surface area contributed by atoms with Crippen LogP contribution in [0, 0.1) is 0 Å². The van der Waals surface area contributed by atoms with E-state index in [0.717, 1.165) is 38.2 Å². The number of aromatic nitrogens is 1. The topological polar surface area (TPSA) is 94.8 Å². The number of rotatable bonds is 4. The number of carbonyl (C=O) groups is 2. The van der Waals surface area contributed by atoms with Gasteiger partial charge in [-0.1, -0.05) is 37.3 Å². The highest BCUT2D eigenvalue weighted by molar-refractivity contribution is 5.93. The van der Waals surface area contributed by atoms with Gasteiger partial charge in [0.2, 0.25) is 0 Å². The van der Waals surface area contributed by atoms with Crippen molar-refractivity contribution in [2.24, 2.45) is 0 Å². The Morgan fingerprint density at radius 1 is 1.09 bits per heavy atom. The van der Waals surface area contributed by atoms with Gasteiger partial charge in [0.05, 0.1) is 0 Å². The number of nitrogens with one attached hydrogen (secondary N) is 1.